The molecule has 2 saturated heterocycles. The van der Waals surface area contributed by atoms with Crippen molar-refractivity contribution in [2.24, 2.45) is 0 Å². The molecule has 5 nitrogen and oxygen atoms in total. The van der Waals surface area contributed by atoms with Gasteiger partial charge in [-0.1, -0.05) is 6.92 Å². The summed E-state index contributed by atoms with van der Waals surface area (Å²) in [7, 11) is 2.16. The number of carbonyl (C=O) groups excluding carboxylic acids is 1. The number of nitrogens with one attached hydrogen (secondary N) is 1. The van der Waals surface area contributed by atoms with Crippen molar-refractivity contribution in [2.75, 3.05) is 59.4 Å². The van der Waals surface area contributed by atoms with E-state index in [1.807, 2.05) is 0 Å². The number of carbonyl (C=O) groups is 1. The lowest BCUT2D eigenvalue weighted by Crippen LogP contribution is -2.55. The van der Waals surface area contributed by atoms with Crippen molar-refractivity contribution in [2.45, 2.75) is 19.4 Å². The topological polar surface area (TPSA) is 38.8 Å². The fourth-order valence-electron chi connectivity index (χ4n) is 2.77. The van der Waals surface area contributed by atoms with Crippen molar-refractivity contribution in [3.8, 4) is 0 Å². The van der Waals surface area contributed by atoms with Gasteiger partial charge in [0.05, 0.1) is 6.54 Å². The summed E-state index contributed by atoms with van der Waals surface area (Å²) in [6.07, 6.45) is 1.12. The Bertz CT molecular complexity index is 278. The normalized spacial score (nSPS) is 27.4. The van der Waals surface area contributed by atoms with Crippen LogP contribution in [0.3, 0.4) is 0 Å². The van der Waals surface area contributed by atoms with Crippen LogP contribution in [0.15, 0.2) is 0 Å². The first kappa shape index (κ1) is 13.8. The lowest BCUT2D eigenvalue weighted by atomic mass is 10.1. The van der Waals surface area contributed by atoms with Gasteiger partial charge in [0.25, 0.3) is 0 Å². The molecular weight excluding hydrogens is 228 g/mol. The molecule has 0 radical (unpaired) electrons. The van der Waals surface area contributed by atoms with Crippen molar-refractivity contribution in [3.63, 3.8) is 0 Å². The molecule has 5 heteroatoms. The van der Waals surface area contributed by atoms with Gasteiger partial charge in [0.15, 0.2) is 0 Å². The molecule has 2 fully saturated rings. The summed E-state index contributed by atoms with van der Waals surface area (Å²) in [4.78, 5) is 19.0. The number of amides is 1. The maximum absolute atomic E-state index is 12.3. The first-order chi connectivity index (χ1) is 8.70. The highest BCUT2D eigenvalue weighted by Crippen LogP contribution is 2.11. The zero-order valence-electron chi connectivity index (χ0n) is 11.7. The van der Waals surface area contributed by atoms with E-state index in [2.05, 4.69) is 34.0 Å². The van der Waals surface area contributed by atoms with E-state index in [4.69, 9.17) is 0 Å². The van der Waals surface area contributed by atoms with E-state index in [9.17, 15) is 4.79 Å². The van der Waals surface area contributed by atoms with Gasteiger partial charge in [-0.05, 0) is 13.5 Å². The number of rotatable bonds is 3. The molecule has 0 aromatic carbocycles. The van der Waals surface area contributed by atoms with E-state index in [1.54, 1.807) is 0 Å². The second-order valence-electron chi connectivity index (χ2n) is 5.41. The zero-order valence-corrected chi connectivity index (χ0v) is 11.7. The Morgan fingerprint density at radius 3 is 2.61 bits per heavy atom. The van der Waals surface area contributed by atoms with Crippen molar-refractivity contribution in [1.29, 1.82) is 0 Å². The van der Waals surface area contributed by atoms with Crippen LogP contribution in [0.2, 0.25) is 0 Å². The molecular formula is C13H26N4O. The lowest BCUT2D eigenvalue weighted by molar-refractivity contribution is -0.135. The van der Waals surface area contributed by atoms with E-state index in [-0.39, 0.29) is 0 Å². The van der Waals surface area contributed by atoms with Gasteiger partial charge in [0, 0.05) is 51.9 Å². The summed E-state index contributed by atoms with van der Waals surface area (Å²) in [6, 6.07) is 0.533. The Hall–Kier alpha value is -0.650. The van der Waals surface area contributed by atoms with Crippen molar-refractivity contribution < 1.29 is 4.79 Å². The molecule has 2 heterocycles. The third-order valence-electron chi connectivity index (χ3n) is 4.17. The van der Waals surface area contributed by atoms with Gasteiger partial charge in [-0.25, -0.2) is 0 Å². The molecule has 2 aliphatic heterocycles. The minimum absolute atomic E-state index is 0.309. The monoisotopic (exact) mass is 254 g/mol. The smallest absolute Gasteiger partial charge is 0.236 e. The SMILES string of the molecule is CCC1CN(C(=O)CN2CCNCC2)CCN1C. The molecule has 0 aromatic rings. The predicted molar refractivity (Wildman–Crippen MR) is 72.6 cm³/mol. The first-order valence-electron chi connectivity index (χ1n) is 7.11. The quantitative estimate of drug-likeness (QED) is 0.733. The van der Waals surface area contributed by atoms with Crippen LogP contribution in [0.1, 0.15) is 13.3 Å². The van der Waals surface area contributed by atoms with Crippen LogP contribution >= 0.6 is 0 Å². The summed E-state index contributed by atoms with van der Waals surface area (Å²) in [5.41, 5.74) is 0. The molecule has 2 rings (SSSR count). The Labute approximate surface area is 110 Å². The molecule has 104 valence electrons. The minimum atomic E-state index is 0.309. The van der Waals surface area contributed by atoms with Crippen LogP contribution in [0, 0.1) is 0 Å². The van der Waals surface area contributed by atoms with Crippen LogP contribution in [-0.2, 0) is 4.79 Å². The van der Waals surface area contributed by atoms with Gasteiger partial charge in [-0.3, -0.25) is 14.6 Å². The molecule has 0 spiro atoms. The Kier molecular flexibility index (Phi) is 4.97. The van der Waals surface area contributed by atoms with Gasteiger partial charge < -0.3 is 10.2 Å². The van der Waals surface area contributed by atoms with Crippen molar-refractivity contribution >= 4 is 5.91 Å². The summed E-state index contributed by atoms with van der Waals surface area (Å²) in [5, 5.41) is 3.32. The zero-order chi connectivity index (χ0) is 13.0. The van der Waals surface area contributed by atoms with Crippen molar-refractivity contribution in [1.82, 2.24) is 20.0 Å². The number of hydrogen-bond acceptors (Lipinski definition) is 4. The van der Waals surface area contributed by atoms with E-state index in [0.29, 0.717) is 18.5 Å². The summed E-state index contributed by atoms with van der Waals surface area (Å²) < 4.78 is 0. The average Bonchev–Trinajstić information content (AvgIpc) is 2.40. The van der Waals surface area contributed by atoms with E-state index < -0.39 is 0 Å². The molecule has 0 aromatic heterocycles. The fraction of sp³-hybridized carbons (Fsp3) is 0.923. The van der Waals surface area contributed by atoms with E-state index >= 15 is 0 Å². The van der Waals surface area contributed by atoms with Gasteiger partial charge in [0.1, 0.15) is 0 Å². The van der Waals surface area contributed by atoms with Gasteiger partial charge in [-0.2, -0.15) is 0 Å². The second-order valence-corrected chi connectivity index (χ2v) is 5.41. The maximum Gasteiger partial charge on any atom is 0.236 e. The summed E-state index contributed by atoms with van der Waals surface area (Å²) in [6.45, 7) is 9.60. The van der Waals surface area contributed by atoms with Crippen LogP contribution in [-0.4, -0.2) is 86.1 Å². The molecule has 2 aliphatic rings. The molecule has 0 aliphatic carbocycles. The first-order valence-corrected chi connectivity index (χ1v) is 7.11. The molecule has 1 amide bonds. The molecule has 1 N–H and O–H groups in total. The Morgan fingerprint density at radius 2 is 1.94 bits per heavy atom. The number of hydrogen-bond donors (Lipinski definition) is 1. The highest BCUT2D eigenvalue weighted by atomic mass is 16.2. The van der Waals surface area contributed by atoms with Gasteiger partial charge in [0.2, 0.25) is 5.91 Å². The maximum atomic E-state index is 12.3. The van der Waals surface area contributed by atoms with Gasteiger partial charge >= 0.3 is 0 Å². The fourth-order valence-corrected chi connectivity index (χ4v) is 2.77. The van der Waals surface area contributed by atoms with Gasteiger partial charge in [-0.15, -0.1) is 0 Å². The second kappa shape index (κ2) is 6.50. The summed E-state index contributed by atoms with van der Waals surface area (Å²) >= 11 is 0. The number of piperazine rings is 2. The third-order valence-corrected chi connectivity index (χ3v) is 4.17. The number of likely N-dealkylation sites (N-methyl/N-ethyl adjacent to an activating group) is 1. The lowest BCUT2D eigenvalue weighted by Gasteiger charge is -2.40. The molecule has 1 unspecified atom stereocenters. The highest BCUT2D eigenvalue weighted by Gasteiger charge is 2.27. The Morgan fingerprint density at radius 1 is 1.22 bits per heavy atom. The molecule has 18 heavy (non-hydrogen) atoms. The summed E-state index contributed by atoms with van der Waals surface area (Å²) in [5.74, 6) is 0.309. The van der Waals surface area contributed by atoms with Crippen LogP contribution in [0.4, 0.5) is 0 Å². The minimum Gasteiger partial charge on any atom is -0.339 e. The largest absolute Gasteiger partial charge is 0.339 e. The molecule has 1 atom stereocenters. The van der Waals surface area contributed by atoms with Crippen LogP contribution in [0.25, 0.3) is 0 Å². The molecule has 0 saturated carbocycles. The third kappa shape index (κ3) is 3.43. The van der Waals surface area contributed by atoms with Crippen LogP contribution in [0.5, 0.6) is 0 Å². The molecule has 0 bridgehead atoms. The number of nitrogens with zero attached hydrogens (tertiary/aromatic N) is 3. The van der Waals surface area contributed by atoms with E-state index in [1.165, 1.54) is 0 Å². The van der Waals surface area contributed by atoms with Crippen molar-refractivity contribution in [3.05, 3.63) is 0 Å². The van der Waals surface area contributed by atoms with E-state index in [0.717, 1.165) is 52.2 Å². The highest BCUT2D eigenvalue weighted by molar-refractivity contribution is 5.78. The average molecular weight is 254 g/mol. The predicted octanol–water partition coefficient (Wildman–Crippen LogP) is -0.556. The Balaban J connectivity index is 1.81. The van der Waals surface area contributed by atoms with Crippen LogP contribution < -0.4 is 5.32 Å². The standard InChI is InChI=1S/C13H26N4O/c1-3-12-10-17(9-8-15(12)2)13(18)11-16-6-4-14-5-7-16/h12,14H,3-11H2,1-2H3.